The summed E-state index contributed by atoms with van der Waals surface area (Å²) in [5, 5.41) is 7.67. The summed E-state index contributed by atoms with van der Waals surface area (Å²) in [6.07, 6.45) is 2.79. The van der Waals surface area contributed by atoms with Crippen molar-refractivity contribution in [3.05, 3.63) is 126 Å². The molecule has 4 aromatic carbocycles. The number of rotatable bonds is 9. The number of methoxy groups -OCH3 is 2. The zero-order valence-corrected chi connectivity index (χ0v) is 23.9. The molecule has 0 saturated heterocycles. The first-order chi connectivity index (χ1) is 20.1. The Balaban J connectivity index is 1.26. The average molecular weight is 562 g/mol. The summed E-state index contributed by atoms with van der Waals surface area (Å²) >= 11 is 1.56. The molecule has 1 aliphatic heterocycles. The fourth-order valence-electron chi connectivity index (χ4n) is 5.23. The molecule has 0 fully saturated rings. The van der Waals surface area contributed by atoms with Gasteiger partial charge in [0, 0.05) is 35.0 Å². The third-order valence-corrected chi connectivity index (χ3v) is 8.42. The highest BCUT2D eigenvalue weighted by atomic mass is 32.2. The monoisotopic (exact) mass is 561 g/mol. The molecule has 2 heterocycles. The highest BCUT2D eigenvalue weighted by Gasteiger charge is 2.33. The van der Waals surface area contributed by atoms with E-state index in [1.54, 1.807) is 31.0 Å². The summed E-state index contributed by atoms with van der Waals surface area (Å²) in [4.78, 5) is 14.9. The molecular weight excluding hydrogens is 530 g/mol. The molecular formula is C34H31N3O3S. The number of hydrazone groups is 1. The van der Waals surface area contributed by atoms with Crippen LogP contribution in [0.5, 0.6) is 11.5 Å². The van der Waals surface area contributed by atoms with Crippen molar-refractivity contribution in [1.82, 2.24) is 9.58 Å². The van der Waals surface area contributed by atoms with Gasteiger partial charge in [0.15, 0.2) is 0 Å². The number of carbonyl (C=O) groups excluding carboxylic acids is 1. The normalized spacial score (nSPS) is 14.7. The maximum absolute atomic E-state index is 13.8. The van der Waals surface area contributed by atoms with Crippen LogP contribution in [0.2, 0.25) is 0 Å². The van der Waals surface area contributed by atoms with Gasteiger partial charge in [-0.3, -0.25) is 4.79 Å². The summed E-state index contributed by atoms with van der Waals surface area (Å²) in [5.74, 6) is 1.82. The molecule has 7 heteroatoms. The van der Waals surface area contributed by atoms with Crippen molar-refractivity contribution in [3.63, 3.8) is 0 Å². The van der Waals surface area contributed by atoms with E-state index >= 15 is 0 Å². The first kappa shape index (κ1) is 26.7. The lowest BCUT2D eigenvalue weighted by atomic mass is 9.98. The van der Waals surface area contributed by atoms with Crippen molar-refractivity contribution in [2.24, 2.45) is 5.10 Å². The summed E-state index contributed by atoms with van der Waals surface area (Å²) in [6.45, 7) is 0.775. The second-order valence-corrected chi connectivity index (χ2v) is 10.9. The van der Waals surface area contributed by atoms with Gasteiger partial charge >= 0.3 is 0 Å². The summed E-state index contributed by atoms with van der Waals surface area (Å²) < 4.78 is 12.9. The van der Waals surface area contributed by atoms with E-state index in [1.807, 2.05) is 60.7 Å². The highest BCUT2D eigenvalue weighted by molar-refractivity contribution is 8.00. The standard InChI is InChI=1S/C34H31N3O3S/c1-39-27-16-12-25(13-17-27)30-20-32(26-14-18-28(40-2)19-15-26)37(35-30)34(38)23-41-33-22-36(21-24-8-4-3-5-9-24)31-11-7-6-10-29(31)33/h3-19,22,32H,20-21,23H2,1-2H3. The number of nitrogens with zero attached hydrogens (tertiary/aromatic N) is 3. The lowest BCUT2D eigenvalue weighted by Crippen LogP contribution is -2.28. The predicted molar refractivity (Wildman–Crippen MR) is 165 cm³/mol. The minimum Gasteiger partial charge on any atom is -0.497 e. The van der Waals surface area contributed by atoms with Crippen molar-refractivity contribution >= 4 is 34.3 Å². The van der Waals surface area contributed by atoms with Crippen molar-refractivity contribution in [1.29, 1.82) is 0 Å². The van der Waals surface area contributed by atoms with Gasteiger partial charge in [-0.1, -0.05) is 60.7 Å². The molecule has 0 saturated carbocycles. The van der Waals surface area contributed by atoms with Crippen molar-refractivity contribution in [2.75, 3.05) is 20.0 Å². The number of hydrogen-bond acceptors (Lipinski definition) is 5. The molecule has 0 aliphatic carbocycles. The Morgan fingerprint density at radius 3 is 2.22 bits per heavy atom. The number of carbonyl (C=O) groups is 1. The number of thioether (sulfide) groups is 1. The highest BCUT2D eigenvalue weighted by Crippen LogP contribution is 2.36. The molecule has 1 aliphatic rings. The Hall–Kier alpha value is -4.49. The molecule has 0 radical (unpaired) electrons. The van der Waals surface area contributed by atoms with Gasteiger partial charge in [0.2, 0.25) is 0 Å². The van der Waals surface area contributed by atoms with Crippen molar-refractivity contribution < 1.29 is 14.3 Å². The van der Waals surface area contributed by atoms with Gasteiger partial charge in [-0.15, -0.1) is 11.8 Å². The van der Waals surface area contributed by atoms with Crippen LogP contribution in [0, 0.1) is 0 Å². The molecule has 0 spiro atoms. The van der Waals surface area contributed by atoms with Crippen molar-refractivity contribution in [2.45, 2.75) is 23.9 Å². The van der Waals surface area contributed by atoms with Gasteiger partial charge in [-0.25, -0.2) is 5.01 Å². The van der Waals surface area contributed by atoms with Gasteiger partial charge < -0.3 is 14.0 Å². The third-order valence-electron chi connectivity index (χ3n) is 7.39. The Bertz CT molecular complexity index is 1680. The SMILES string of the molecule is COc1ccc(C2=NN(C(=O)CSc3cn(Cc4ccccc4)c4ccccc34)C(c3ccc(OC)cc3)C2)cc1. The van der Waals surface area contributed by atoms with Gasteiger partial charge in [0.25, 0.3) is 5.91 Å². The number of fused-ring (bicyclic) bond motifs is 1. The maximum atomic E-state index is 13.8. The van der Waals surface area contributed by atoms with Crippen LogP contribution in [-0.4, -0.2) is 41.2 Å². The van der Waals surface area contributed by atoms with Crippen LogP contribution in [-0.2, 0) is 11.3 Å². The van der Waals surface area contributed by atoms with Gasteiger partial charge in [0.1, 0.15) is 11.5 Å². The molecule has 0 N–H and O–H groups in total. The predicted octanol–water partition coefficient (Wildman–Crippen LogP) is 7.18. The van der Waals surface area contributed by atoms with Crippen LogP contribution in [0.15, 0.2) is 119 Å². The number of para-hydroxylation sites is 1. The number of aromatic nitrogens is 1. The van der Waals surface area contributed by atoms with E-state index in [-0.39, 0.29) is 17.7 Å². The Labute approximate surface area is 244 Å². The van der Waals surface area contributed by atoms with Crippen LogP contribution >= 0.6 is 11.8 Å². The van der Waals surface area contributed by atoms with E-state index < -0.39 is 0 Å². The Morgan fingerprint density at radius 2 is 1.51 bits per heavy atom. The minimum atomic E-state index is -0.189. The van der Waals surface area contributed by atoms with E-state index in [9.17, 15) is 4.79 Å². The molecule has 206 valence electrons. The minimum absolute atomic E-state index is 0.0285. The number of ether oxygens (including phenoxy) is 2. The van der Waals surface area contributed by atoms with Crippen LogP contribution in [0.25, 0.3) is 10.9 Å². The number of hydrogen-bond donors (Lipinski definition) is 0. The number of amides is 1. The van der Waals surface area contributed by atoms with Crippen LogP contribution in [0.4, 0.5) is 0 Å². The fourth-order valence-corrected chi connectivity index (χ4v) is 6.17. The van der Waals surface area contributed by atoms with E-state index in [0.717, 1.165) is 50.7 Å². The molecule has 6 rings (SSSR count). The summed E-state index contributed by atoms with van der Waals surface area (Å²) in [5.41, 5.74) is 5.28. The number of benzene rings is 4. The van der Waals surface area contributed by atoms with Crippen LogP contribution < -0.4 is 9.47 Å². The van der Waals surface area contributed by atoms with E-state index in [2.05, 4.69) is 53.2 Å². The van der Waals surface area contributed by atoms with Crippen LogP contribution in [0.3, 0.4) is 0 Å². The zero-order valence-electron chi connectivity index (χ0n) is 23.1. The lowest BCUT2D eigenvalue weighted by Gasteiger charge is -2.22. The molecule has 1 unspecified atom stereocenters. The molecule has 1 amide bonds. The quantitative estimate of drug-likeness (QED) is 0.179. The van der Waals surface area contributed by atoms with E-state index in [4.69, 9.17) is 14.6 Å². The second-order valence-electron chi connectivity index (χ2n) is 9.92. The van der Waals surface area contributed by atoms with Crippen molar-refractivity contribution in [3.8, 4) is 11.5 Å². The molecule has 1 aromatic heterocycles. The first-order valence-corrected chi connectivity index (χ1v) is 14.5. The molecule has 1 atom stereocenters. The fraction of sp³-hybridized carbons (Fsp3) is 0.176. The summed E-state index contributed by atoms with van der Waals surface area (Å²) in [6, 6.07) is 34.3. The molecule has 5 aromatic rings. The lowest BCUT2D eigenvalue weighted by molar-refractivity contribution is -0.130. The van der Waals surface area contributed by atoms with E-state index in [0.29, 0.717) is 6.42 Å². The maximum Gasteiger partial charge on any atom is 0.253 e. The Kier molecular flexibility index (Phi) is 7.78. The van der Waals surface area contributed by atoms with Gasteiger partial charge in [-0.05, 0) is 59.2 Å². The van der Waals surface area contributed by atoms with E-state index in [1.165, 1.54) is 5.56 Å². The third kappa shape index (κ3) is 5.72. The zero-order chi connectivity index (χ0) is 28.2. The smallest absolute Gasteiger partial charge is 0.253 e. The van der Waals surface area contributed by atoms with Crippen LogP contribution in [0.1, 0.15) is 29.2 Å². The molecule has 41 heavy (non-hydrogen) atoms. The molecule has 0 bridgehead atoms. The molecule has 6 nitrogen and oxygen atoms in total. The topological polar surface area (TPSA) is 56.1 Å². The largest absolute Gasteiger partial charge is 0.497 e. The average Bonchev–Trinajstić information content (AvgIpc) is 3.63. The van der Waals surface area contributed by atoms with Gasteiger partial charge in [-0.2, -0.15) is 5.10 Å². The summed E-state index contributed by atoms with van der Waals surface area (Å²) in [7, 11) is 3.30. The van der Waals surface area contributed by atoms with Gasteiger partial charge in [0.05, 0.1) is 31.7 Å². The second kappa shape index (κ2) is 11.9. The first-order valence-electron chi connectivity index (χ1n) is 13.6. The Morgan fingerprint density at radius 1 is 0.854 bits per heavy atom.